The van der Waals surface area contributed by atoms with Crippen molar-refractivity contribution in [1.82, 2.24) is 14.8 Å². The monoisotopic (exact) mass is 279 g/mol. The summed E-state index contributed by atoms with van der Waals surface area (Å²) in [6.45, 7) is 1.93. The van der Waals surface area contributed by atoms with Crippen LogP contribution in [0.1, 0.15) is 6.92 Å². The number of aliphatic imine (C=N–C) groups is 1. The first-order chi connectivity index (χ1) is 10.2. The van der Waals surface area contributed by atoms with E-state index in [1.807, 2.05) is 44.6 Å². The number of pyridine rings is 1. The molecule has 0 radical (unpaired) electrons. The lowest BCUT2D eigenvalue weighted by Gasteiger charge is -2.08. The zero-order valence-corrected chi connectivity index (χ0v) is 12.3. The van der Waals surface area contributed by atoms with Crippen LogP contribution in [0.5, 0.6) is 0 Å². The molecule has 0 saturated heterocycles. The number of nitrogens with one attached hydrogen (secondary N) is 1. The maximum Gasteiger partial charge on any atom is 0.138 e. The summed E-state index contributed by atoms with van der Waals surface area (Å²) in [4.78, 5) is 8.70. The number of rotatable bonds is 2. The minimum atomic E-state index is 0.833. The quantitative estimate of drug-likeness (QED) is 0.579. The molecule has 0 aliphatic carbocycles. The first-order valence-electron chi connectivity index (χ1n) is 6.79. The zero-order chi connectivity index (χ0) is 14.8. The number of hydrogen-bond donors (Lipinski definition) is 1. The molecule has 0 amide bonds. The van der Waals surface area contributed by atoms with Crippen molar-refractivity contribution >= 4 is 22.6 Å². The predicted octanol–water partition coefficient (Wildman–Crippen LogP) is 3.04. The minimum absolute atomic E-state index is 0.833. The first kappa shape index (κ1) is 13.3. The van der Waals surface area contributed by atoms with Gasteiger partial charge in [0, 0.05) is 36.8 Å². The molecule has 0 spiro atoms. The third-order valence-electron chi connectivity index (χ3n) is 3.54. The first-order valence-corrected chi connectivity index (χ1v) is 6.79. The van der Waals surface area contributed by atoms with Crippen molar-refractivity contribution in [2.45, 2.75) is 6.92 Å². The number of para-hydroxylation sites is 1. The van der Waals surface area contributed by atoms with E-state index in [-0.39, 0.29) is 0 Å². The molecule has 2 aromatic heterocycles. The van der Waals surface area contributed by atoms with E-state index in [9.17, 15) is 0 Å². The van der Waals surface area contributed by atoms with Crippen LogP contribution in [0.4, 0.5) is 5.82 Å². The van der Waals surface area contributed by atoms with Crippen LogP contribution in [0.15, 0.2) is 47.7 Å². The van der Waals surface area contributed by atoms with Crippen LogP contribution < -0.4 is 5.32 Å². The molecule has 0 saturated carbocycles. The van der Waals surface area contributed by atoms with E-state index >= 15 is 0 Å². The molecule has 3 aromatic rings. The van der Waals surface area contributed by atoms with E-state index in [4.69, 9.17) is 0 Å². The van der Waals surface area contributed by atoms with Gasteiger partial charge in [-0.3, -0.25) is 9.98 Å². The number of benzene rings is 1. The molecule has 0 aliphatic heterocycles. The molecule has 0 fully saturated rings. The molecule has 21 heavy (non-hydrogen) atoms. The largest absolute Gasteiger partial charge is 0.372 e. The fourth-order valence-corrected chi connectivity index (χ4v) is 2.36. The van der Waals surface area contributed by atoms with Gasteiger partial charge in [0.2, 0.25) is 0 Å². The lowest BCUT2D eigenvalue weighted by atomic mass is 10.1. The molecule has 0 atom stereocenters. The Kier molecular flexibility index (Phi) is 3.39. The smallest absolute Gasteiger partial charge is 0.138 e. The Labute approximate surface area is 123 Å². The highest BCUT2D eigenvalue weighted by Crippen LogP contribution is 2.29. The van der Waals surface area contributed by atoms with Gasteiger partial charge < -0.3 is 5.32 Å². The lowest BCUT2D eigenvalue weighted by Crippen LogP contribution is -2.12. The summed E-state index contributed by atoms with van der Waals surface area (Å²) in [5.74, 6) is 1.74. The van der Waals surface area contributed by atoms with Crippen molar-refractivity contribution in [3.05, 3.63) is 42.7 Å². The summed E-state index contributed by atoms with van der Waals surface area (Å²) in [5.41, 5.74) is 3.04. The lowest BCUT2D eigenvalue weighted by molar-refractivity contribution is 0.926. The highest BCUT2D eigenvalue weighted by atomic mass is 15.3. The van der Waals surface area contributed by atoms with E-state index in [1.54, 1.807) is 11.7 Å². The van der Waals surface area contributed by atoms with Crippen molar-refractivity contribution in [2.24, 2.45) is 4.99 Å². The average Bonchev–Trinajstić information content (AvgIpc) is 2.97. The van der Waals surface area contributed by atoms with E-state index in [0.29, 0.717) is 0 Å². The molecule has 1 aromatic carbocycles. The molecule has 106 valence electrons. The summed E-state index contributed by atoms with van der Waals surface area (Å²) in [5, 5.41) is 8.72. The zero-order valence-electron chi connectivity index (χ0n) is 12.3. The predicted molar refractivity (Wildman–Crippen MR) is 86.9 cm³/mol. The molecular formula is C16H17N5. The van der Waals surface area contributed by atoms with Gasteiger partial charge in [-0.2, -0.15) is 5.10 Å². The summed E-state index contributed by atoms with van der Waals surface area (Å²) in [6.07, 6.45) is 3.72. The number of hydrogen-bond acceptors (Lipinski definition) is 4. The minimum Gasteiger partial charge on any atom is -0.372 e. The summed E-state index contributed by atoms with van der Waals surface area (Å²) in [7, 11) is 3.64. The van der Waals surface area contributed by atoms with Crippen LogP contribution in [-0.2, 0) is 0 Å². The number of anilines is 1. The van der Waals surface area contributed by atoms with Crippen molar-refractivity contribution < 1.29 is 0 Å². The Morgan fingerprint density at radius 1 is 1.24 bits per heavy atom. The van der Waals surface area contributed by atoms with E-state index < -0.39 is 0 Å². The van der Waals surface area contributed by atoms with Gasteiger partial charge in [0.15, 0.2) is 0 Å². The van der Waals surface area contributed by atoms with Gasteiger partial charge in [0.25, 0.3) is 0 Å². The molecule has 5 nitrogen and oxygen atoms in total. The Morgan fingerprint density at radius 3 is 2.81 bits per heavy atom. The summed E-state index contributed by atoms with van der Waals surface area (Å²) >= 11 is 0. The standard InChI is InChI=1S/C16H17N5/c1-11(17-2)21-16(18-3)14(10-20-21)13-8-12-6-4-5-7-15(12)19-9-13/h4-10,18H,1-3H3. The van der Waals surface area contributed by atoms with Gasteiger partial charge in [-0.1, -0.05) is 18.2 Å². The van der Waals surface area contributed by atoms with E-state index in [0.717, 1.165) is 33.7 Å². The number of fused-ring (bicyclic) bond motifs is 1. The van der Waals surface area contributed by atoms with Crippen LogP contribution in [0.3, 0.4) is 0 Å². The van der Waals surface area contributed by atoms with Gasteiger partial charge in [0.1, 0.15) is 11.7 Å². The van der Waals surface area contributed by atoms with Gasteiger partial charge >= 0.3 is 0 Å². The maximum absolute atomic E-state index is 4.51. The van der Waals surface area contributed by atoms with Gasteiger partial charge in [-0.05, 0) is 19.1 Å². The maximum atomic E-state index is 4.51. The van der Waals surface area contributed by atoms with Crippen LogP contribution in [0, 0.1) is 0 Å². The highest BCUT2D eigenvalue weighted by molar-refractivity contribution is 5.90. The van der Waals surface area contributed by atoms with Crippen molar-refractivity contribution in [2.75, 3.05) is 19.4 Å². The normalized spacial score (nSPS) is 11.9. The molecule has 3 rings (SSSR count). The molecule has 5 heteroatoms. The summed E-state index contributed by atoms with van der Waals surface area (Å²) in [6, 6.07) is 10.2. The van der Waals surface area contributed by atoms with Crippen molar-refractivity contribution in [3.63, 3.8) is 0 Å². The molecular weight excluding hydrogens is 262 g/mol. The fourth-order valence-electron chi connectivity index (χ4n) is 2.36. The molecule has 0 bridgehead atoms. The Morgan fingerprint density at radius 2 is 2.05 bits per heavy atom. The molecule has 0 aliphatic rings. The Balaban J connectivity index is 2.16. The number of nitrogens with zero attached hydrogens (tertiary/aromatic N) is 4. The van der Waals surface area contributed by atoms with Crippen LogP contribution in [-0.4, -0.2) is 34.7 Å². The second-order valence-electron chi connectivity index (χ2n) is 4.76. The van der Waals surface area contributed by atoms with Gasteiger partial charge in [-0.15, -0.1) is 0 Å². The van der Waals surface area contributed by atoms with Crippen LogP contribution >= 0.6 is 0 Å². The van der Waals surface area contributed by atoms with Crippen LogP contribution in [0.25, 0.3) is 22.0 Å². The van der Waals surface area contributed by atoms with E-state index in [2.05, 4.69) is 32.5 Å². The third kappa shape index (κ3) is 2.27. The SMILES string of the molecule is CN=C(C)n1ncc(-c2cnc3ccccc3c2)c1NC. The fraction of sp³-hybridized carbons (Fsp3) is 0.188. The van der Waals surface area contributed by atoms with Crippen molar-refractivity contribution in [3.8, 4) is 11.1 Å². The Hall–Kier alpha value is -2.69. The van der Waals surface area contributed by atoms with Crippen molar-refractivity contribution in [1.29, 1.82) is 0 Å². The van der Waals surface area contributed by atoms with Gasteiger partial charge in [-0.25, -0.2) is 4.68 Å². The Bertz CT molecular complexity index is 816. The highest BCUT2D eigenvalue weighted by Gasteiger charge is 2.13. The average molecular weight is 279 g/mol. The second kappa shape index (κ2) is 5.36. The van der Waals surface area contributed by atoms with Crippen LogP contribution in [0.2, 0.25) is 0 Å². The second-order valence-corrected chi connectivity index (χ2v) is 4.76. The summed E-state index contributed by atoms with van der Waals surface area (Å²) < 4.78 is 1.80. The van der Waals surface area contributed by atoms with E-state index in [1.165, 1.54) is 0 Å². The topological polar surface area (TPSA) is 55.1 Å². The number of aromatic nitrogens is 3. The molecule has 2 heterocycles. The third-order valence-corrected chi connectivity index (χ3v) is 3.54. The molecule has 0 unspecified atom stereocenters. The van der Waals surface area contributed by atoms with Gasteiger partial charge in [0.05, 0.1) is 11.7 Å². The molecule has 1 N–H and O–H groups in total.